The third-order valence-corrected chi connectivity index (χ3v) is 17.5. The second-order valence-corrected chi connectivity index (χ2v) is 59.2. The number of hydrogen-bond acceptors (Lipinski definition) is 14. The molecule has 0 unspecified atom stereocenters. The lowest BCUT2D eigenvalue weighted by Gasteiger charge is -2.40. The van der Waals surface area contributed by atoms with Gasteiger partial charge in [-0.1, -0.05) is 452 Å². The minimum absolute atomic E-state index is 0.115. The maximum absolute atomic E-state index is 12.3. The molecule has 0 aliphatic carbocycles. The lowest BCUT2D eigenvalue weighted by Crippen LogP contribution is -2.53. The molecule has 2 heterocycles. The van der Waals surface area contributed by atoms with Crippen LogP contribution in [0.4, 0.5) is 0 Å². The number of benzene rings is 4. The van der Waals surface area contributed by atoms with Crippen LogP contribution in [0.3, 0.4) is 0 Å². The number of carbonyl (C=O) groups is 6. The van der Waals surface area contributed by atoms with E-state index in [2.05, 4.69) is 409 Å². The molecule has 786 valence electrons. The summed E-state index contributed by atoms with van der Waals surface area (Å²) < 4.78 is 53.8. The molecule has 0 bridgehead atoms. The lowest BCUT2D eigenvalue weighted by atomic mass is 9.76. The van der Waals surface area contributed by atoms with Crippen molar-refractivity contribution in [2.45, 2.75) is 502 Å². The zero-order chi connectivity index (χ0) is 109. The van der Waals surface area contributed by atoms with Crippen LogP contribution >= 0.6 is 0 Å². The Balaban J connectivity index is -0.000000272. The summed E-state index contributed by atoms with van der Waals surface area (Å²) in [4.78, 5) is 73.2. The normalized spacial score (nSPS) is 14.9. The van der Waals surface area contributed by atoms with Crippen molar-refractivity contribution in [2.24, 2.45) is 65.5 Å². The Morgan fingerprint density at radius 1 is 0.333 bits per heavy atom. The summed E-state index contributed by atoms with van der Waals surface area (Å²) in [6.07, 6.45) is 9.62. The number of sulfone groups is 1. The molecule has 0 atom stereocenters. The highest BCUT2D eigenvalue weighted by Gasteiger charge is 2.55. The highest BCUT2D eigenvalue weighted by Crippen LogP contribution is 2.42. The Bertz CT molecular complexity index is 3720. The minimum Gasteiger partial charge on any atom is -0.459 e. The summed E-state index contributed by atoms with van der Waals surface area (Å²) in [7, 11) is -2.93. The van der Waals surface area contributed by atoms with Crippen LogP contribution < -0.4 is 0 Å². The molecule has 0 amide bonds. The van der Waals surface area contributed by atoms with Crippen LogP contribution in [0.2, 0.25) is 0 Å². The van der Waals surface area contributed by atoms with Crippen LogP contribution in [-0.2, 0) is 94.4 Å². The zero-order valence-corrected chi connectivity index (χ0v) is 99.5. The Kier molecular flexibility index (Phi) is 61.4. The van der Waals surface area contributed by atoms with Crippen molar-refractivity contribution < 1.29 is 65.6 Å². The van der Waals surface area contributed by atoms with E-state index in [1.807, 2.05) is 24.3 Å². The summed E-state index contributed by atoms with van der Waals surface area (Å²) in [5.41, 5.74) is 7.20. The van der Waals surface area contributed by atoms with Gasteiger partial charge in [0.15, 0.2) is 26.6 Å². The van der Waals surface area contributed by atoms with E-state index in [9.17, 15) is 37.2 Å². The number of esters is 6. The molecule has 135 heavy (non-hydrogen) atoms. The van der Waals surface area contributed by atoms with Crippen LogP contribution in [0.5, 0.6) is 0 Å². The third kappa shape index (κ3) is 94.8. The number of allylic oxidation sites excluding steroid dienone is 1. The maximum atomic E-state index is 12.3. The number of ether oxygens (including phenoxy) is 6. The molecule has 0 spiro atoms. The first-order valence-corrected chi connectivity index (χ1v) is 51.6. The number of hydrogen-bond donors (Lipinski definition) is 0. The van der Waals surface area contributed by atoms with Crippen molar-refractivity contribution >= 4 is 45.7 Å². The van der Waals surface area contributed by atoms with E-state index in [0.29, 0.717) is 68.0 Å². The van der Waals surface area contributed by atoms with Crippen LogP contribution in [0.25, 0.3) is 0 Å². The zero-order valence-electron chi connectivity index (χ0n) is 98.7. The van der Waals surface area contributed by atoms with E-state index in [-0.39, 0.29) is 33.8 Å². The quantitative estimate of drug-likeness (QED) is 0.0472. The molecule has 4 aromatic rings. The molecule has 4 aromatic carbocycles. The van der Waals surface area contributed by atoms with Gasteiger partial charge in [0.1, 0.15) is 11.2 Å². The fraction of sp³-hybridized carbons (Fsp3) is 0.733. The summed E-state index contributed by atoms with van der Waals surface area (Å²) in [6.45, 7) is 120. The van der Waals surface area contributed by atoms with E-state index in [4.69, 9.17) is 28.4 Å². The van der Waals surface area contributed by atoms with Crippen LogP contribution in [-0.4, -0.2) is 73.3 Å². The van der Waals surface area contributed by atoms with E-state index in [1.54, 1.807) is 82.2 Å². The van der Waals surface area contributed by atoms with E-state index < -0.39 is 85.2 Å². The monoisotopic (exact) mass is 1910 g/mol. The molecule has 0 radical (unpaired) electrons. The van der Waals surface area contributed by atoms with Crippen LogP contribution in [0, 0.1) is 65.5 Å². The SMILES string of the molecule is C=CCC1(CCCC(C)(C)C)C(=O)OC(C)(C)OC1=O.CC(C)(C)C.CC(C)(C)C.CC(C)(C)C.CC(C)(C)C.CC(C)(C)C.CC(C)(C)C.CC(C)(C)CCCC(C(=O)OC(C)(C)C)C(=O)OC(C)(C)C.CC(C)(C)CCCC1(C)C(=O)OC(C)(C)OC1=O.CC(C)(C)c1ccc(CS(C)(=O)=O)cc1.CC(C)(C)c1ccccc1.CC(C)(C)c1ccccc1.CC(C)(C)c1ccccc1. The second-order valence-electron chi connectivity index (χ2n) is 57.0. The molecular formula is C120H216O14S. The smallest absolute Gasteiger partial charge is 0.327 e. The molecule has 2 aliphatic rings. The van der Waals surface area contributed by atoms with E-state index >= 15 is 0 Å². The summed E-state index contributed by atoms with van der Waals surface area (Å²) in [5, 5.41) is 0. The molecule has 6 rings (SSSR count). The van der Waals surface area contributed by atoms with E-state index in [1.165, 1.54) is 28.5 Å². The van der Waals surface area contributed by atoms with Crippen LogP contribution in [0.15, 0.2) is 128 Å². The summed E-state index contributed by atoms with van der Waals surface area (Å²) >= 11 is 0. The van der Waals surface area contributed by atoms with Gasteiger partial charge in [-0.05, 0) is 192 Å². The van der Waals surface area contributed by atoms with Crippen molar-refractivity contribution in [3.63, 3.8) is 0 Å². The molecule has 2 fully saturated rings. The Labute approximate surface area is 835 Å². The van der Waals surface area contributed by atoms with Crippen molar-refractivity contribution in [2.75, 3.05) is 6.26 Å². The highest BCUT2D eigenvalue weighted by atomic mass is 32.2. The molecule has 2 saturated heterocycles. The first-order valence-electron chi connectivity index (χ1n) is 49.5. The van der Waals surface area contributed by atoms with Gasteiger partial charge < -0.3 is 28.4 Å². The number of carbonyl (C=O) groups excluding carboxylic acids is 6. The molecule has 0 aromatic heterocycles. The van der Waals surface area contributed by atoms with Gasteiger partial charge >= 0.3 is 35.8 Å². The summed E-state index contributed by atoms with van der Waals surface area (Å²) in [6, 6.07) is 39.4. The molecular weight excluding hydrogens is 1700 g/mol. The topological polar surface area (TPSA) is 192 Å². The predicted octanol–water partition coefficient (Wildman–Crippen LogP) is 34.9. The standard InChI is InChI=1S/C18H34O4.C16H26O4.C14H24O4.C12H18O2S.3C10H14.6C5H12/c1-16(2,3)12-10-11-13(14(19)21-17(4,5)6)15(20)22-18(7,8)9;1-7-9-16(11-8-10-14(2,3)4)12(17)19-15(5,6)20-13(16)18;1-12(2,3)8-7-9-14(6)10(15)17-13(4,5)18-11(14)16;1-12(2,3)11-7-5-10(6-8-11)9-15(4,13)14;3*1-10(2,3)9-7-5-4-6-8-9;6*1-5(2,3)4/h13H,10-12H2,1-9H3;7H,1,8-11H2,2-6H3;7-9H2,1-6H3;5-8H,9H2,1-4H3;3*4-8H,1-3H3;6*1-4H3. The second kappa shape index (κ2) is 58.6. The van der Waals surface area contributed by atoms with E-state index in [0.717, 1.165) is 44.1 Å². The van der Waals surface area contributed by atoms with Crippen LogP contribution in [0.1, 0.15) is 480 Å². The molecule has 0 N–H and O–H groups in total. The Hall–Kier alpha value is -6.61. The molecule has 14 nitrogen and oxygen atoms in total. The highest BCUT2D eigenvalue weighted by molar-refractivity contribution is 7.89. The van der Waals surface area contributed by atoms with Gasteiger partial charge in [0.2, 0.25) is 0 Å². The fourth-order valence-electron chi connectivity index (χ4n) is 10.5. The van der Waals surface area contributed by atoms with Gasteiger partial charge in [-0.15, -0.1) is 6.58 Å². The van der Waals surface area contributed by atoms with Gasteiger partial charge in [-0.3, -0.25) is 28.8 Å². The Morgan fingerprint density at radius 3 is 0.748 bits per heavy atom. The molecule has 0 saturated carbocycles. The van der Waals surface area contributed by atoms with Gasteiger partial charge in [0, 0.05) is 34.0 Å². The Morgan fingerprint density at radius 2 is 0.548 bits per heavy atom. The predicted molar refractivity (Wildman–Crippen MR) is 583 cm³/mol. The molecule has 15 heteroatoms. The minimum atomic E-state index is -2.93. The molecule has 2 aliphatic heterocycles. The van der Waals surface area contributed by atoms with Gasteiger partial charge in [-0.2, -0.15) is 0 Å². The average Bonchev–Trinajstić information content (AvgIpc) is 0.765. The van der Waals surface area contributed by atoms with Crippen molar-refractivity contribution in [3.8, 4) is 0 Å². The fourth-order valence-corrected chi connectivity index (χ4v) is 11.3. The lowest BCUT2D eigenvalue weighted by molar-refractivity contribution is -0.252. The van der Waals surface area contributed by atoms with Gasteiger partial charge in [-0.25, -0.2) is 8.42 Å². The number of rotatable bonds is 15. The average molecular weight is 1920 g/mol. The van der Waals surface area contributed by atoms with Crippen molar-refractivity contribution in [3.05, 3.63) is 156 Å². The van der Waals surface area contributed by atoms with Crippen molar-refractivity contribution in [1.29, 1.82) is 0 Å². The number of cyclic esters (lactones) is 4. The first kappa shape index (κ1) is 141. The summed E-state index contributed by atoms with van der Waals surface area (Å²) in [5.74, 6) is -5.96. The van der Waals surface area contributed by atoms with Gasteiger partial charge in [0.05, 0.1) is 5.75 Å². The maximum Gasteiger partial charge on any atom is 0.327 e. The van der Waals surface area contributed by atoms with Gasteiger partial charge in [0.25, 0.3) is 11.6 Å². The van der Waals surface area contributed by atoms with Crippen molar-refractivity contribution in [1.82, 2.24) is 0 Å². The first-order chi connectivity index (χ1) is 59.1. The third-order valence-electron chi connectivity index (χ3n) is 16.6. The largest absolute Gasteiger partial charge is 0.459 e.